The maximum Gasteiger partial charge on any atom is 0.161 e. The lowest BCUT2D eigenvalue weighted by Crippen LogP contribution is -2.09. The number of benzene rings is 1. The molecule has 0 spiro atoms. The standard InChI is InChI=1S/C11H12N4/c1-8-7-10(15-12)14-11(13-8)9-5-3-2-4-6-9/h2-7H,12H2,1H3,(H,13,14,15). The molecule has 15 heavy (non-hydrogen) atoms. The minimum Gasteiger partial charge on any atom is -0.308 e. The first-order chi connectivity index (χ1) is 7.29. The van der Waals surface area contributed by atoms with E-state index in [1.54, 1.807) is 6.07 Å². The molecule has 2 rings (SSSR count). The smallest absolute Gasteiger partial charge is 0.161 e. The fraction of sp³-hybridized carbons (Fsp3) is 0.0909. The third kappa shape index (κ3) is 2.11. The number of nitrogen functional groups attached to an aromatic ring is 1. The predicted octanol–water partition coefficient (Wildman–Crippen LogP) is 1.74. The minimum atomic E-state index is 0.626. The number of nitrogens with one attached hydrogen (secondary N) is 1. The molecule has 2 aromatic rings. The molecule has 0 aliphatic heterocycles. The third-order valence-electron chi connectivity index (χ3n) is 2.03. The van der Waals surface area contributed by atoms with Gasteiger partial charge in [0.15, 0.2) is 5.82 Å². The molecule has 0 bridgehead atoms. The first-order valence-corrected chi connectivity index (χ1v) is 4.67. The topological polar surface area (TPSA) is 63.8 Å². The van der Waals surface area contributed by atoms with Gasteiger partial charge in [0.2, 0.25) is 0 Å². The minimum absolute atomic E-state index is 0.626. The Morgan fingerprint density at radius 1 is 1.13 bits per heavy atom. The van der Waals surface area contributed by atoms with Crippen LogP contribution in [0, 0.1) is 6.92 Å². The van der Waals surface area contributed by atoms with Gasteiger partial charge in [-0.1, -0.05) is 30.3 Å². The van der Waals surface area contributed by atoms with Gasteiger partial charge in [0, 0.05) is 17.3 Å². The van der Waals surface area contributed by atoms with E-state index >= 15 is 0 Å². The Morgan fingerprint density at radius 2 is 1.87 bits per heavy atom. The Bertz CT molecular complexity index is 453. The van der Waals surface area contributed by atoms with Crippen molar-refractivity contribution in [1.82, 2.24) is 9.97 Å². The number of hydrogen-bond donors (Lipinski definition) is 2. The molecule has 4 nitrogen and oxygen atoms in total. The lowest BCUT2D eigenvalue weighted by Gasteiger charge is -2.04. The summed E-state index contributed by atoms with van der Waals surface area (Å²) >= 11 is 0. The summed E-state index contributed by atoms with van der Waals surface area (Å²) in [7, 11) is 0. The molecule has 0 aliphatic rings. The lowest BCUT2D eigenvalue weighted by molar-refractivity contribution is 1.09. The zero-order valence-corrected chi connectivity index (χ0v) is 8.44. The Kier molecular flexibility index (Phi) is 2.60. The van der Waals surface area contributed by atoms with Crippen LogP contribution in [-0.4, -0.2) is 9.97 Å². The molecule has 0 aliphatic carbocycles. The van der Waals surface area contributed by atoms with Crippen LogP contribution in [0.15, 0.2) is 36.4 Å². The highest BCUT2D eigenvalue weighted by molar-refractivity contribution is 5.57. The van der Waals surface area contributed by atoms with Gasteiger partial charge in [-0.2, -0.15) is 0 Å². The van der Waals surface area contributed by atoms with Crippen LogP contribution in [0.2, 0.25) is 0 Å². The van der Waals surface area contributed by atoms with Crippen LogP contribution in [0.25, 0.3) is 11.4 Å². The molecule has 0 saturated heterocycles. The van der Waals surface area contributed by atoms with E-state index in [0.717, 1.165) is 11.3 Å². The summed E-state index contributed by atoms with van der Waals surface area (Å²) in [5.74, 6) is 6.64. The molecule has 4 heteroatoms. The molecule has 1 aromatic heterocycles. The lowest BCUT2D eigenvalue weighted by atomic mass is 10.2. The molecule has 76 valence electrons. The molecule has 1 heterocycles. The second kappa shape index (κ2) is 4.06. The summed E-state index contributed by atoms with van der Waals surface area (Å²) in [4.78, 5) is 8.62. The number of hydrogen-bond acceptors (Lipinski definition) is 4. The molecule has 0 saturated carbocycles. The summed E-state index contributed by atoms with van der Waals surface area (Å²) < 4.78 is 0. The molecule has 0 fully saturated rings. The van der Waals surface area contributed by atoms with Crippen molar-refractivity contribution in [2.75, 3.05) is 5.43 Å². The van der Waals surface area contributed by atoms with Crippen molar-refractivity contribution in [1.29, 1.82) is 0 Å². The van der Waals surface area contributed by atoms with E-state index < -0.39 is 0 Å². The third-order valence-corrected chi connectivity index (χ3v) is 2.03. The second-order valence-corrected chi connectivity index (χ2v) is 3.23. The van der Waals surface area contributed by atoms with Crippen LogP contribution in [0.3, 0.4) is 0 Å². The zero-order valence-electron chi connectivity index (χ0n) is 8.44. The maximum absolute atomic E-state index is 5.33. The monoisotopic (exact) mass is 200 g/mol. The number of nitrogens with two attached hydrogens (primary N) is 1. The highest BCUT2D eigenvalue weighted by Gasteiger charge is 2.02. The summed E-state index contributed by atoms with van der Waals surface area (Å²) in [5.41, 5.74) is 4.40. The van der Waals surface area contributed by atoms with Gasteiger partial charge in [0.05, 0.1) is 0 Å². The fourth-order valence-electron chi connectivity index (χ4n) is 1.36. The van der Waals surface area contributed by atoms with Crippen LogP contribution >= 0.6 is 0 Å². The Labute approximate surface area is 88.2 Å². The summed E-state index contributed by atoms with van der Waals surface area (Å²) in [6.07, 6.45) is 0. The van der Waals surface area contributed by atoms with Crippen LogP contribution in [0.4, 0.5) is 5.82 Å². The molecule has 0 atom stereocenters. The highest BCUT2D eigenvalue weighted by Crippen LogP contribution is 2.16. The Morgan fingerprint density at radius 3 is 2.53 bits per heavy atom. The van der Waals surface area contributed by atoms with Crippen molar-refractivity contribution in [3.8, 4) is 11.4 Å². The molecule has 1 aromatic carbocycles. The average Bonchev–Trinajstić information content (AvgIpc) is 2.29. The maximum atomic E-state index is 5.33. The van der Waals surface area contributed by atoms with Crippen LogP contribution in [0.5, 0.6) is 0 Å². The number of aryl methyl sites for hydroxylation is 1. The van der Waals surface area contributed by atoms with E-state index in [-0.39, 0.29) is 0 Å². The summed E-state index contributed by atoms with van der Waals surface area (Å²) in [5, 5.41) is 0. The van der Waals surface area contributed by atoms with Crippen LogP contribution in [-0.2, 0) is 0 Å². The van der Waals surface area contributed by atoms with Crippen molar-refractivity contribution in [2.45, 2.75) is 6.92 Å². The zero-order chi connectivity index (χ0) is 10.7. The summed E-state index contributed by atoms with van der Waals surface area (Å²) in [6, 6.07) is 11.6. The van der Waals surface area contributed by atoms with Crippen molar-refractivity contribution < 1.29 is 0 Å². The first-order valence-electron chi connectivity index (χ1n) is 4.67. The normalized spacial score (nSPS) is 10.0. The van der Waals surface area contributed by atoms with Crippen LogP contribution < -0.4 is 11.3 Å². The van der Waals surface area contributed by atoms with Crippen molar-refractivity contribution >= 4 is 5.82 Å². The molecular weight excluding hydrogens is 188 g/mol. The van der Waals surface area contributed by atoms with Crippen molar-refractivity contribution in [2.24, 2.45) is 5.84 Å². The molecule has 0 amide bonds. The van der Waals surface area contributed by atoms with E-state index in [4.69, 9.17) is 5.84 Å². The van der Waals surface area contributed by atoms with E-state index in [0.29, 0.717) is 11.6 Å². The molecule has 3 N–H and O–H groups in total. The Hall–Kier alpha value is -1.94. The number of aromatic nitrogens is 2. The van der Waals surface area contributed by atoms with Gasteiger partial charge in [-0.15, -0.1) is 0 Å². The molecule has 0 unspecified atom stereocenters. The summed E-state index contributed by atoms with van der Waals surface area (Å²) in [6.45, 7) is 1.91. The Balaban J connectivity index is 2.49. The van der Waals surface area contributed by atoms with Crippen molar-refractivity contribution in [3.63, 3.8) is 0 Å². The largest absolute Gasteiger partial charge is 0.308 e. The van der Waals surface area contributed by atoms with Gasteiger partial charge in [0.1, 0.15) is 5.82 Å². The predicted molar refractivity (Wildman–Crippen MR) is 60.0 cm³/mol. The molecular formula is C11H12N4. The number of nitrogens with zero attached hydrogens (tertiary/aromatic N) is 2. The van der Waals surface area contributed by atoms with Gasteiger partial charge in [-0.3, -0.25) is 0 Å². The number of rotatable bonds is 2. The van der Waals surface area contributed by atoms with Crippen molar-refractivity contribution in [3.05, 3.63) is 42.1 Å². The number of hydrazine groups is 1. The van der Waals surface area contributed by atoms with Crippen LogP contribution in [0.1, 0.15) is 5.69 Å². The molecule has 0 radical (unpaired) electrons. The SMILES string of the molecule is Cc1cc(NN)nc(-c2ccccc2)n1. The second-order valence-electron chi connectivity index (χ2n) is 3.23. The van der Waals surface area contributed by atoms with Gasteiger partial charge in [-0.05, 0) is 6.92 Å². The number of anilines is 1. The van der Waals surface area contributed by atoms with Gasteiger partial charge >= 0.3 is 0 Å². The van der Waals surface area contributed by atoms with E-state index in [9.17, 15) is 0 Å². The first kappa shape index (κ1) is 9.61. The van der Waals surface area contributed by atoms with Gasteiger partial charge in [-0.25, -0.2) is 15.8 Å². The van der Waals surface area contributed by atoms with Gasteiger partial charge in [0.25, 0.3) is 0 Å². The van der Waals surface area contributed by atoms with E-state index in [1.165, 1.54) is 0 Å². The highest BCUT2D eigenvalue weighted by atomic mass is 15.3. The van der Waals surface area contributed by atoms with E-state index in [1.807, 2.05) is 37.3 Å². The average molecular weight is 200 g/mol. The fourth-order valence-corrected chi connectivity index (χ4v) is 1.36. The quantitative estimate of drug-likeness (QED) is 0.572. The van der Waals surface area contributed by atoms with E-state index in [2.05, 4.69) is 15.4 Å². The van der Waals surface area contributed by atoms with Gasteiger partial charge < -0.3 is 5.43 Å².